The number of benzene rings is 1. The monoisotopic (exact) mass is 430 g/mol. The molecular formula is C27H34N4O. The molecule has 1 saturated carbocycles. The molecule has 6 rings (SSSR count). The normalized spacial score (nSPS) is 27.1. The van der Waals surface area contributed by atoms with Crippen molar-refractivity contribution >= 4 is 10.9 Å². The van der Waals surface area contributed by atoms with Crippen molar-refractivity contribution in [2.24, 2.45) is 11.8 Å². The number of hydrogen-bond donors (Lipinski definition) is 1. The average molecular weight is 431 g/mol. The Balaban J connectivity index is 1.22. The Labute approximate surface area is 190 Å². The van der Waals surface area contributed by atoms with E-state index in [4.69, 9.17) is 9.72 Å². The average Bonchev–Trinajstić information content (AvgIpc) is 3.21. The zero-order chi connectivity index (χ0) is 21.5. The molecule has 3 aromatic rings. The Morgan fingerprint density at radius 3 is 2.50 bits per heavy atom. The Bertz CT molecular complexity index is 1050. The van der Waals surface area contributed by atoms with Gasteiger partial charge in [0, 0.05) is 61.1 Å². The van der Waals surface area contributed by atoms with E-state index in [1.54, 1.807) is 0 Å². The van der Waals surface area contributed by atoms with E-state index in [1.165, 1.54) is 60.1 Å². The largest absolute Gasteiger partial charge is 0.379 e. The van der Waals surface area contributed by atoms with Crippen molar-refractivity contribution in [2.45, 2.75) is 31.7 Å². The van der Waals surface area contributed by atoms with Crippen molar-refractivity contribution in [3.63, 3.8) is 0 Å². The molecule has 3 aliphatic rings. The maximum Gasteiger partial charge on any atom is 0.0795 e. The van der Waals surface area contributed by atoms with Crippen molar-refractivity contribution in [3.05, 3.63) is 53.9 Å². The highest BCUT2D eigenvalue weighted by molar-refractivity contribution is 5.93. The van der Waals surface area contributed by atoms with E-state index >= 15 is 0 Å². The van der Waals surface area contributed by atoms with Gasteiger partial charge in [0.25, 0.3) is 0 Å². The van der Waals surface area contributed by atoms with Gasteiger partial charge in [-0.25, -0.2) is 0 Å². The van der Waals surface area contributed by atoms with Crippen LogP contribution >= 0.6 is 0 Å². The quantitative estimate of drug-likeness (QED) is 0.662. The zero-order valence-corrected chi connectivity index (χ0v) is 19.1. The van der Waals surface area contributed by atoms with Gasteiger partial charge in [0.1, 0.15) is 0 Å². The van der Waals surface area contributed by atoms with Crippen LogP contribution in [0.3, 0.4) is 0 Å². The molecule has 5 heteroatoms. The number of fused-ring (bicyclic) bond motifs is 3. The molecule has 4 heterocycles. The fourth-order valence-corrected chi connectivity index (χ4v) is 6.43. The van der Waals surface area contributed by atoms with E-state index in [9.17, 15) is 0 Å². The van der Waals surface area contributed by atoms with Gasteiger partial charge >= 0.3 is 0 Å². The van der Waals surface area contributed by atoms with Crippen LogP contribution in [0.5, 0.6) is 0 Å². The van der Waals surface area contributed by atoms with Crippen molar-refractivity contribution in [3.8, 4) is 11.3 Å². The third-order valence-electron chi connectivity index (χ3n) is 7.80. The first-order valence-electron chi connectivity index (χ1n) is 12.3. The van der Waals surface area contributed by atoms with E-state index in [2.05, 4.69) is 58.2 Å². The summed E-state index contributed by atoms with van der Waals surface area (Å²) < 4.78 is 5.49. The van der Waals surface area contributed by atoms with Crippen molar-refractivity contribution in [2.75, 3.05) is 46.4 Å². The standard InChI is InChI=1S/C27H34N4O/c1-30-16-19-12-20(17-30)14-23(13-19)21-2-4-22(5-3-21)27-25-15-24(29-26(25)6-7-28-27)18-31-8-10-32-11-9-31/h2-7,15,19-20,23,29H,8-14,16-18H2,1H3. The fraction of sp³-hybridized carbons (Fsp3) is 0.519. The number of nitrogens with one attached hydrogen (secondary N) is 1. The lowest BCUT2D eigenvalue weighted by Crippen LogP contribution is -2.42. The second-order valence-electron chi connectivity index (χ2n) is 10.3. The molecule has 2 atom stereocenters. The predicted molar refractivity (Wildman–Crippen MR) is 129 cm³/mol. The number of likely N-dealkylation sites (tertiary alicyclic amines) is 1. The lowest BCUT2D eigenvalue weighted by atomic mass is 9.70. The van der Waals surface area contributed by atoms with Gasteiger partial charge in [0.05, 0.1) is 18.9 Å². The number of aromatic amines is 1. The summed E-state index contributed by atoms with van der Waals surface area (Å²) in [5.41, 5.74) is 6.24. The summed E-state index contributed by atoms with van der Waals surface area (Å²) in [4.78, 5) is 13.4. The number of morpholine rings is 1. The van der Waals surface area contributed by atoms with E-state index in [-0.39, 0.29) is 0 Å². The van der Waals surface area contributed by atoms with Crippen LogP contribution in [0.2, 0.25) is 0 Å². The molecule has 0 amide bonds. The molecule has 168 valence electrons. The highest BCUT2D eigenvalue weighted by atomic mass is 16.5. The van der Waals surface area contributed by atoms with Gasteiger partial charge in [-0.15, -0.1) is 0 Å². The summed E-state index contributed by atoms with van der Waals surface area (Å²) in [5.74, 6) is 2.47. The Hall–Kier alpha value is -2.21. The van der Waals surface area contributed by atoms with Gasteiger partial charge in [0.2, 0.25) is 0 Å². The summed E-state index contributed by atoms with van der Waals surface area (Å²) in [7, 11) is 2.29. The first-order valence-corrected chi connectivity index (χ1v) is 12.3. The predicted octanol–water partition coefficient (Wildman–Crippen LogP) is 4.51. The third kappa shape index (κ3) is 4.09. The van der Waals surface area contributed by atoms with Crippen molar-refractivity contribution in [1.29, 1.82) is 0 Å². The summed E-state index contributed by atoms with van der Waals surface area (Å²) in [6, 6.07) is 13.7. The van der Waals surface area contributed by atoms with E-state index in [0.29, 0.717) is 0 Å². The summed E-state index contributed by atoms with van der Waals surface area (Å²) >= 11 is 0. The molecule has 1 aliphatic carbocycles. The minimum Gasteiger partial charge on any atom is -0.379 e. The molecular weight excluding hydrogens is 396 g/mol. The number of piperidine rings is 1. The minimum atomic E-state index is 0.720. The van der Waals surface area contributed by atoms with Crippen LogP contribution in [-0.2, 0) is 11.3 Å². The first-order chi connectivity index (χ1) is 15.7. The maximum absolute atomic E-state index is 5.49. The number of rotatable bonds is 4. The molecule has 1 aromatic carbocycles. The van der Waals surface area contributed by atoms with Crippen LogP contribution < -0.4 is 0 Å². The van der Waals surface area contributed by atoms with Gasteiger partial charge in [0.15, 0.2) is 0 Å². The minimum absolute atomic E-state index is 0.720. The van der Waals surface area contributed by atoms with Crippen molar-refractivity contribution < 1.29 is 4.74 Å². The van der Waals surface area contributed by atoms with Crippen LogP contribution in [-0.4, -0.2) is 66.2 Å². The summed E-state index contributed by atoms with van der Waals surface area (Å²) in [5, 5.41) is 1.22. The van der Waals surface area contributed by atoms with Gasteiger partial charge in [-0.1, -0.05) is 24.3 Å². The summed E-state index contributed by atoms with van der Waals surface area (Å²) in [6.07, 6.45) is 6.05. The number of hydrogen-bond acceptors (Lipinski definition) is 4. The first kappa shape index (κ1) is 20.4. The van der Waals surface area contributed by atoms with Gasteiger partial charge in [-0.05, 0) is 61.8 Å². The molecule has 2 aliphatic heterocycles. The van der Waals surface area contributed by atoms with E-state index in [0.717, 1.165) is 56.3 Å². The smallest absolute Gasteiger partial charge is 0.0795 e. The van der Waals surface area contributed by atoms with Crippen LogP contribution in [0.1, 0.15) is 36.4 Å². The fourth-order valence-electron chi connectivity index (χ4n) is 6.43. The number of nitrogens with zero attached hydrogens (tertiary/aromatic N) is 3. The zero-order valence-electron chi connectivity index (χ0n) is 19.1. The number of aromatic nitrogens is 2. The van der Waals surface area contributed by atoms with Crippen molar-refractivity contribution in [1.82, 2.24) is 19.8 Å². The van der Waals surface area contributed by atoms with E-state index in [1.807, 2.05) is 6.20 Å². The third-order valence-corrected chi connectivity index (χ3v) is 7.80. The lowest BCUT2D eigenvalue weighted by molar-refractivity contribution is 0.0337. The lowest BCUT2D eigenvalue weighted by Gasteiger charge is -2.43. The van der Waals surface area contributed by atoms with Gasteiger partial charge in [-0.3, -0.25) is 9.88 Å². The van der Waals surface area contributed by atoms with Gasteiger partial charge in [-0.2, -0.15) is 0 Å². The molecule has 3 fully saturated rings. The molecule has 32 heavy (non-hydrogen) atoms. The molecule has 2 aromatic heterocycles. The molecule has 5 nitrogen and oxygen atoms in total. The molecule has 0 spiro atoms. The number of ether oxygens (including phenoxy) is 1. The highest BCUT2D eigenvalue weighted by Crippen LogP contribution is 2.42. The Morgan fingerprint density at radius 2 is 1.75 bits per heavy atom. The van der Waals surface area contributed by atoms with Crippen LogP contribution in [0.15, 0.2) is 42.6 Å². The summed E-state index contributed by atoms with van der Waals surface area (Å²) in [6.45, 7) is 7.16. The molecule has 2 bridgehead atoms. The van der Waals surface area contributed by atoms with Crippen LogP contribution in [0.4, 0.5) is 0 Å². The SMILES string of the molecule is CN1CC2CC(CC(c3ccc(-c4nccc5[nH]c(CN6CCOCC6)cc45)cc3)C2)C1. The number of pyridine rings is 1. The van der Waals surface area contributed by atoms with E-state index < -0.39 is 0 Å². The second kappa shape index (κ2) is 8.62. The topological polar surface area (TPSA) is 44.4 Å². The Morgan fingerprint density at radius 1 is 1.00 bits per heavy atom. The molecule has 0 radical (unpaired) electrons. The Kier molecular flexibility index (Phi) is 5.49. The second-order valence-corrected chi connectivity index (χ2v) is 10.3. The maximum atomic E-state index is 5.49. The highest BCUT2D eigenvalue weighted by Gasteiger charge is 2.34. The number of H-pyrrole nitrogens is 1. The molecule has 2 unspecified atom stereocenters. The molecule has 1 N–H and O–H groups in total. The van der Waals surface area contributed by atoms with Crippen LogP contribution in [0.25, 0.3) is 22.2 Å². The van der Waals surface area contributed by atoms with Crippen LogP contribution in [0, 0.1) is 11.8 Å². The van der Waals surface area contributed by atoms with Gasteiger partial charge < -0.3 is 14.6 Å². The molecule has 2 saturated heterocycles.